The van der Waals surface area contributed by atoms with Crippen molar-refractivity contribution in [3.63, 3.8) is 0 Å². The SMILES string of the molecule is CCOc1cc(C2c3c(oc4ccc(C)cc4c3=O)C(=O)N2c2ccc(Cl)cn2)ccc1OCCC(C)C. The van der Waals surface area contributed by atoms with Crippen molar-refractivity contribution < 1.29 is 18.7 Å². The van der Waals surface area contributed by atoms with Crippen LogP contribution in [0, 0.1) is 12.8 Å². The number of hydrogen-bond acceptors (Lipinski definition) is 6. The first kappa shape index (κ1) is 25.8. The number of halogens is 1. The van der Waals surface area contributed by atoms with Crippen molar-refractivity contribution in [3.8, 4) is 11.5 Å². The van der Waals surface area contributed by atoms with Gasteiger partial charge in [-0.05, 0) is 68.1 Å². The van der Waals surface area contributed by atoms with Crippen LogP contribution in [0.3, 0.4) is 0 Å². The van der Waals surface area contributed by atoms with E-state index in [1.807, 2.05) is 38.1 Å². The fourth-order valence-electron chi connectivity index (χ4n) is 4.64. The van der Waals surface area contributed by atoms with Crippen LogP contribution in [-0.2, 0) is 0 Å². The van der Waals surface area contributed by atoms with E-state index in [-0.39, 0.29) is 16.8 Å². The smallest absolute Gasteiger partial charge is 0.296 e. The number of anilines is 1. The van der Waals surface area contributed by atoms with Crippen LogP contribution >= 0.6 is 11.6 Å². The molecule has 0 N–H and O–H groups in total. The number of aromatic nitrogens is 1. The molecular formula is C30H29ClN2O5. The summed E-state index contributed by atoms with van der Waals surface area (Å²) < 4.78 is 18.0. The topological polar surface area (TPSA) is 81.9 Å². The molecule has 1 aliphatic heterocycles. The van der Waals surface area contributed by atoms with Gasteiger partial charge < -0.3 is 13.9 Å². The lowest BCUT2D eigenvalue weighted by atomic mass is 9.97. The molecule has 8 heteroatoms. The molecule has 1 unspecified atom stereocenters. The van der Waals surface area contributed by atoms with Crippen LogP contribution in [0.2, 0.25) is 5.02 Å². The maximum Gasteiger partial charge on any atom is 0.296 e. The average Bonchev–Trinajstić information content (AvgIpc) is 3.18. The number of carbonyl (C=O) groups is 1. The predicted octanol–water partition coefficient (Wildman–Crippen LogP) is 6.72. The van der Waals surface area contributed by atoms with Crippen molar-refractivity contribution in [1.29, 1.82) is 0 Å². The van der Waals surface area contributed by atoms with E-state index in [1.165, 1.54) is 11.1 Å². The summed E-state index contributed by atoms with van der Waals surface area (Å²) in [5.74, 6) is 1.56. The first-order valence-electron chi connectivity index (χ1n) is 12.7. The highest BCUT2D eigenvalue weighted by Crippen LogP contribution is 2.43. The third-order valence-electron chi connectivity index (χ3n) is 6.52. The van der Waals surface area contributed by atoms with Gasteiger partial charge in [0, 0.05) is 6.20 Å². The molecule has 1 amide bonds. The molecule has 0 aliphatic carbocycles. The number of hydrogen-bond donors (Lipinski definition) is 0. The second-order valence-electron chi connectivity index (χ2n) is 9.76. The molecule has 2 aromatic heterocycles. The molecule has 7 nitrogen and oxygen atoms in total. The molecule has 38 heavy (non-hydrogen) atoms. The molecule has 0 saturated heterocycles. The Bertz CT molecular complexity index is 1560. The van der Waals surface area contributed by atoms with Gasteiger partial charge in [-0.2, -0.15) is 0 Å². The molecule has 0 radical (unpaired) electrons. The maximum absolute atomic E-state index is 13.9. The quantitative estimate of drug-likeness (QED) is 0.250. The molecule has 5 rings (SSSR count). The second-order valence-corrected chi connectivity index (χ2v) is 10.2. The fourth-order valence-corrected chi connectivity index (χ4v) is 4.75. The van der Waals surface area contributed by atoms with E-state index in [1.54, 1.807) is 24.3 Å². The minimum Gasteiger partial charge on any atom is -0.490 e. The molecular weight excluding hydrogens is 504 g/mol. The van der Waals surface area contributed by atoms with Gasteiger partial charge in [0.05, 0.1) is 35.2 Å². The van der Waals surface area contributed by atoms with Crippen LogP contribution in [0.15, 0.2) is 63.9 Å². The van der Waals surface area contributed by atoms with E-state index in [0.717, 1.165) is 12.0 Å². The van der Waals surface area contributed by atoms with E-state index in [4.69, 9.17) is 25.5 Å². The van der Waals surface area contributed by atoms with Crippen LogP contribution in [0.25, 0.3) is 11.0 Å². The highest BCUT2D eigenvalue weighted by molar-refractivity contribution is 6.30. The standard InChI is InChI=1S/C30H29ClN2O5/c1-5-36-24-15-19(7-10-23(24)37-13-12-17(2)3)27-26-28(34)21-14-18(4)6-9-22(21)38-29(26)30(35)33(27)25-11-8-20(31)16-32-25/h6-11,14-17,27H,5,12-13H2,1-4H3. The summed E-state index contributed by atoms with van der Waals surface area (Å²) >= 11 is 6.08. The molecule has 0 bridgehead atoms. The van der Waals surface area contributed by atoms with Gasteiger partial charge >= 0.3 is 0 Å². The number of carbonyl (C=O) groups excluding carboxylic acids is 1. The van der Waals surface area contributed by atoms with Crippen LogP contribution in [0.5, 0.6) is 11.5 Å². The summed E-state index contributed by atoms with van der Waals surface area (Å²) in [7, 11) is 0. The molecule has 0 spiro atoms. The number of pyridine rings is 1. The third kappa shape index (κ3) is 4.74. The Morgan fingerprint density at radius 3 is 2.58 bits per heavy atom. The van der Waals surface area contributed by atoms with Crippen LogP contribution in [0.4, 0.5) is 5.82 Å². The zero-order chi connectivity index (χ0) is 27.0. The molecule has 196 valence electrons. The maximum atomic E-state index is 13.9. The summed E-state index contributed by atoms with van der Waals surface area (Å²) in [6, 6.07) is 13.4. The van der Waals surface area contributed by atoms with Crippen LogP contribution in [-0.4, -0.2) is 24.1 Å². The monoisotopic (exact) mass is 532 g/mol. The number of benzene rings is 2. The van der Waals surface area contributed by atoms with Gasteiger partial charge in [-0.25, -0.2) is 4.98 Å². The lowest BCUT2D eigenvalue weighted by Crippen LogP contribution is -2.30. The highest BCUT2D eigenvalue weighted by atomic mass is 35.5. The number of fused-ring (bicyclic) bond motifs is 2. The van der Waals surface area contributed by atoms with Gasteiger partial charge in [0.1, 0.15) is 11.4 Å². The van der Waals surface area contributed by atoms with Gasteiger partial charge in [-0.1, -0.05) is 43.1 Å². The summed E-state index contributed by atoms with van der Waals surface area (Å²) in [5, 5.41) is 0.859. The average molecular weight is 533 g/mol. The lowest BCUT2D eigenvalue weighted by molar-refractivity contribution is 0.0970. The number of rotatable bonds is 8. The highest BCUT2D eigenvalue weighted by Gasteiger charge is 2.44. The molecule has 1 aliphatic rings. The normalized spacial score (nSPS) is 14.8. The molecule has 1 atom stereocenters. The molecule has 4 aromatic rings. The first-order valence-corrected chi connectivity index (χ1v) is 13.1. The van der Waals surface area contributed by atoms with Crippen LogP contribution in [0.1, 0.15) is 60.5 Å². The minimum absolute atomic E-state index is 0.00308. The Morgan fingerprint density at radius 2 is 1.87 bits per heavy atom. The zero-order valence-electron chi connectivity index (χ0n) is 21.8. The molecule has 0 saturated carbocycles. The van der Waals surface area contributed by atoms with Crippen molar-refractivity contribution in [3.05, 3.63) is 92.4 Å². The van der Waals surface area contributed by atoms with Crippen molar-refractivity contribution in [1.82, 2.24) is 4.98 Å². The van der Waals surface area contributed by atoms with E-state index in [0.29, 0.717) is 58.0 Å². The Hall–Kier alpha value is -3.84. The predicted molar refractivity (Wildman–Crippen MR) is 148 cm³/mol. The summed E-state index contributed by atoms with van der Waals surface area (Å²) in [6.07, 6.45) is 2.37. The van der Waals surface area contributed by atoms with Gasteiger partial charge in [0.25, 0.3) is 5.91 Å². The lowest BCUT2D eigenvalue weighted by Gasteiger charge is -2.25. The number of aryl methyl sites for hydroxylation is 1. The molecule has 0 fully saturated rings. The number of ether oxygens (including phenoxy) is 2. The Labute approximate surface area is 226 Å². The Kier molecular flexibility index (Phi) is 7.13. The second kappa shape index (κ2) is 10.5. The number of nitrogens with zero attached hydrogens (tertiary/aromatic N) is 2. The minimum atomic E-state index is -0.781. The summed E-state index contributed by atoms with van der Waals surface area (Å²) in [4.78, 5) is 33.5. The first-order chi connectivity index (χ1) is 18.3. The van der Waals surface area contributed by atoms with Crippen molar-refractivity contribution >= 4 is 34.3 Å². The van der Waals surface area contributed by atoms with Gasteiger partial charge in [-0.3, -0.25) is 14.5 Å². The van der Waals surface area contributed by atoms with E-state index in [2.05, 4.69) is 18.8 Å². The molecule has 2 aromatic carbocycles. The fraction of sp³-hybridized carbons (Fsp3) is 0.300. The summed E-state index contributed by atoms with van der Waals surface area (Å²) in [6.45, 7) is 9.06. The summed E-state index contributed by atoms with van der Waals surface area (Å²) in [5.41, 5.74) is 1.97. The molecule has 3 heterocycles. The van der Waals surface area contributed by atoms with E-state index >= 15 is 0 Å². The van der Waals surface area contributed by atoms with Gasteiger partial charge in [0.15, 0.2) is 16.9 Å². The third-order valence-corrected chi connectivity index (χ3v) is 6.74. The Balaban J connectivity index is 1.69. The largest absolute Gasteiger partial charge is 0.490 e. The van der Waals surface area contributed by atoms with Gasteiger partial charge in [0.2, 0.25) is 5.76 Å². The Morgan fingerprint density at radius 1 is 1.05 bits per heavy atom. The van der Waals surface area contributed by atoms with Crippen LogP contribution < -0.4 is 19.8 Å². The zero-order valence-corrected chi connectivity index (χ0v) is 22.5. The van der Waals surface area contributed by atoms with Crippen molar-refractivity contribution in [2.24, 2.45) is 5.92 Å². The van der Waals surface area contributed by atoms with Gasteiger partial charge in [-0.15, -0.1) is 0 Å². The number of amides is 1. The van der Waals surface area contributed by atoms with E-state index in [9.17, 15) is 9.59 Å². The van der Waals surface area contributed by atoms with Crippen molar-refractivity contribution in [2.45, 2.75) is 40.2 Å². The van der Waals surface area contributed by atoms with E-state index < -0.39 is 11.9 Å². The van der Waals surface area contributed by atoms with Crippen molar-refractivity contribution in [2.75, 3.05) is 18.1 Å².